The van der Waals surface area contributed by atoms with Gasteiger partial charge in [-0.3, -0.25) is 9.89 Å². The van der Waals surface area contributed by atoms with Crippen molar-refractivity contribution < 1.29 is 18.3 Å². The third-order valence-electron chi connectivity index (χ3n) is 8.74. The van der Waals surface area contributed by atoms with Gasteiger partial charge in [0.1, 0.15) is 11.9 Å². The fraction of sp³-hybridized carbons (Fsp3) is 0.680. The SMILES string of the molecule is Cc1ccc(/C=C/S(=O)(=O)N2CC(O)N3CC4(CCN(C5=NCCCC5)CC4)N4C(=O)N(C)CC34C2)s1. The van der Waals surface area contributed by atoms with Gasteiger partial charge < -0.3 is 14.9 Å². The quantitative estimate of drug-likeness (QED) is 0.618. The summed E-state index contributed by atoms with van der Waals surface area (Å²) >= 11 is 1.53. The highest BCUT2D eigenvalue weighted by atomic mass is 32.2. The number of carbonyl (C=O) groups excluding carboxylic acids is 1. The van der Waals surface area contributed by atoms with Crippen LogP contribution >= 0.6 is 11.3 Å². The molecule has 0 radical (unpaired) electrons. The Hall–Kier alpha value is -1.99. The van der Waals surface area contributed by atoms with Crippen LogP contribution in [0.4, 0.5) is 4.79 Å². The second-order valence-electron chi connectivity index (χ2n) is 11.1. The molecular weight excluding hydrogens is 512 g/mol. The molecule has 4 saturated heterocycles. The summed E-state index contributed by atoms with van der Waals surface area (Å²) in [5.41, 5.74) is -1.31. The van der Waals surface area contributed by atoms with Gasteiger partial charge in [-0.2, -0.15) is 4.31 Å². The van der Waals surface area contributed by atoms with Crippen molar-refractivity contribution in [2.24, 2.45) is 4.99 Å². The van der Waals surface area contributed by atoms with Gasteiger partial charge in [-0.05, 0) is 50.8 Å². The lowest BCUT2D eigenvalue weighted by Crippen LogP contribution is -2.69. The van der Waals surface area contributed by atoms with Gasteiger partial charge in [-0.15, -0.1) is 11.3 Å². The van der Waals surface area contributed by atoms with E-state index < -0.39 is 27.5 Å². The first-order chi connectivity index (χ1) is 17.6. The zero-order chi connectivity index (χ0) is 26.0. The number of sulfonamides is 1. The third-order valence-corrected chi connectivity index (χ3v) is 11.2. The van der Waals surface area contributed by atoms with Crippen molar-refractivity contribution in [3.05, 3.63) is 27.3 Å². The molecule has 202 valence electrons. The van der Waals surface area contributed by atoms with Crippen molar-refractivity contribution in [3.8, 4) is 0 Å². The van der Waals surface area contributed by atoms with Crippen LogP contribution in [0.15, 0.2) is 22.5 Å². The number of aliphatic hydroxyl groups excluding tert-OH is 1. The molecule has 6 heterocycles. The molecule has 2 spiro atoms. The molecule has 1 aromatic heterocycles. The van der Waals surface area contributed by atoms with E-state index in [2.05, 4.69) is 4.90 Å². The Kier molecular flexibility index (Phi) is 6.18. The van der Waals surface area contributed by atoms with Crippen LogP contribution < -0.4 is 0 Å². The molecule has 5 aliphatic heterocycles. The maximum atomic E-state index is 13.6. The summed E-state index contributed by atoms with van der Waals surface area (Å²) in [7, 11) is -2.03. The minimum absolute atomic E-state index is 0.0113. The summed E-state index contributed by atoms with van der Waals surface area (Å²) in [6, 6.07) is 3.78. The first-order valence-electron chi connectivity index (χ1n) is 13.2. The number of nitrogens with zero attached hydrogens (tertiary/aromatic N) is 6. The van der Waals surface area contributed by atoms with Crippen molar-refractivity contribution in [1.29, 1.82) is 0 Å². The third kappa shape index (κ3) is 4.12. The number of hydrogen-bond acceptors (Lipinski definition) is 8. The fourth-order valence-corrected chi connectivity index (χ4v) is 9.05. The molecule has 6 rings (SSSR count). The molecule has 0 bridgehead atoms. The van der Waals surface area contributed by atoms with Crippen LogP contribution in [0.25, 0.3) is 6.08 Å². The maximum absolute atomic E-state index is 13.6. The van der Waals surface area contributed by atoms with E-state index in [1.165, 1.54) is 33.3 Å². The first kappa shape index (κ1) is 25.3. The van der Waals surface area contributed by atoms with Crippen molar-refractivity contribution in [3.63, 3.8) is 0 Å². The van der Waals surface area contributed by atoms with Crippen molar-refractivity contribution in [2.45, 2.75) is 56.5 Å². The van der Waals surface area contributed by atoms with E-state index in [9.17, 15) is 18.3 Å². The first-order valence-corrected chi connectivity index (χ1v) is 15.5. The number of likely N-dealkylation sites (N-methyl/N-ethyl adjacent to an activating group) is 1. The van der Waals surface area contributed by atoms with Gasteiger partial charge in [-0.25, -0.2) is 18.1 Å². The maximum Gasteiger partial charge on any atom is 0.321 e. The molecule has 10 nitrogen and oxygen atoms in total. The predicted octanol–water partition coefficient (Wildman–Crippen LogP) is 1.79. The van der Waals surface area contributed by atoms with Crippen LogP contribution in [0, 0.1) is 6.92 Å². The molecule has 2 atom stereocenters. The number of aliphatic hydroxyl groups is 1. The van der Waals surface area contributed by atoms with E-state index in [4.69, 9.17) is 4.99 Å². The highest BCUT2D eigenvalue weighted by molar-refractivity contribution is 7.92. The zero-order valence-electron chi connectivity index (χ0n) is 21.5. The van der Waals surface area contributed by atoms with Gasteiger partial charge in [-0.1, -0.05) is 0 Å². The highest BCUT2D eigenvalue weighted by Gasteiger charge is 2.69. The minimum Gasteiger partial charge on any atom is -0.377 e. The van der Waals surface area contributed by atoms with Crippen LogP contribution in [0.3, 0.4) is 0 Å². The van der Waals surface area contributed by atoms with Crippen LogP contribution in [0.1, 0.15) is 41.9 Å². The average molecular weight is 549 g/mol. The Balaban J connectivity index is 1.28. The van der Waals surface area contributed by atoms with Gasteiger partial charge in [0, 0.05) is 54.8 Å². The number of rotatable bonds is 3. The molecule has 1 N–H and O–H groups in total. The van der Waals surface area contributed by atoms with Crippen molar-refractivity contribution >= 4 is 39.3 Å². The van der Waals surface area contributed by atoms with E-state index in [1.807, 2.05) is 28.9 Å². The van der Waals surface area contributed by atoms with E-state index in [1.54, 1.807) is 18.0 Å². The average Bonchev–Trinajstić information content (AvgIpc) is 3.50. The second kappa shape index (κ2) is 9.04. The van der Waals surface area contributed by atoms with E-state index >= 15 is 0 Å². The Morgan fingerprint density at radius 2 is 1.95 bits per heavy atom. The van der Waals surface area contributed by atoms with Gasteiger partial charge >= 0.3 is 6.03 Å². The van der Waals surface area contributed by atoms with E-state index in [0.29, 0.717) is 13.1 Å². The zero-order valence-corrected chi connectivity index (χ0v) is 23.2. The van der Waals surface area contributed by atoms with Gasteiger partial charge in [0.25, 0.3) is 0 Å². The van der Waals surface area contributed by atoms with Crippen LogP contribution in [0.2, 0.25) is 0 Å². The van der Waals surface area contributed by atoms with Crippen LogP contribution in [-0.2, 0) is 10.0 Å². The molecule has 2 amide bonds. The monoisotopic (exact) mass is 548 g/mol. The number of thiophene rings is 1. The molecule has 4 fully saturated rings. The molecule has 0 aliphatic carbocycles. The number of piperazine rings is 1. The number of piperidine rings is 1. The predicted molar refractivity (Wildman–Crippen MR) is 144 cm³/mol. The van der Waals surface area contributed by atoms with Crippen molar-refractivity contribution in [2.75, 3.05) is 52.9 Å². The lowest BCUT2D eigenvalue weighted by Gasteiger charge is -2.49. The molecule has 0 saturated carbocycles. The van der Waals surface area contributed by atoms with E-state index in [0.717, 1.165) is 55.1 Å². The largest absolute Gasteiger partial charge is 0.377 e. The summed E-state index contributed by atoms with van der Waals surface area (Å²) in [6.45, 7) is 5.57. The summed E-state index contributed by atoms with van der Waals surface area (Å²) in [5, 5.41) is 12.5. The van der Waals surface area contributed by atoms with Gasteiger partial charge in [0.2, 0.25) is 10.0 Å². The number of fused-ring (bicyclic) bond motifs is 1. The molecule has 12 heteroatoms. The lowest BCUT2D eigenvalue weighted by atomic mass is 9.86. The molecule has 5 aliphatic rings. The van der Waals surface area contributed by atoms with Crippen molar-refractivity contribution in [1.82, 2.24) is 23.9 Å². The molecule has 0 aromatic carbocycles. The number of aryl methyl sites for hydroxylation is 1. The summed E-state index contributed by atoms with van der Waals surface area (Å²) < 4.78 is 28.2. The van der Waals surface area contributed by atoms with Crippen LogP contribution in [-0.4, -0.2) is 120 Å². The topological polar surface area (TPSA) is 100 Å². The molecule has 37 heavy (non-hydrogen) atoms. The Bertz CT molecular complexity index is 1240. The number of amides is 2. The number of urea groups is 1. The Labute approximate surface area is 222 Å². The number of hydrogen-bond donors (Lipinski definition) is 1. The summed E-state index contributed by atoms with van der Waals surface area (Å²) in [5.74, 6) is 1.18. The second-order valence-corrected chi connectivity index (χ2v) is 14.3. The number of amidine groups is 1. The molecule has 1 aromatic rings. The summed E-state index contributed by atoms with van der Waals surface area (Å²) in [4.78, 5) is 28.3. The minimum atomic E-state index is -3.80. The van der Waals surface area contributed by atoms with Gasteiger partial charge in [0.05, 0.1) is 31.0 Å². The fourth-order valence-electron chi connectivity index (χ4n) is 6.97. The molecule has 2 unspecified atom stereocenters. The number of carbonyl (C=O) groups is 1. The van der Waals surface area contributed by atoms with Crippen LogP contribution in [0.5, 0.6) is 0 Å². The number of β-amino-alcohol motifs (C(OH)–C–C–N with tert-alkyl or cyclic N) is 1. The Morgan fingerprint density at radius 1 is 1.16 bits per heavy atom. The highest BCUT2D eigenvalue weighted by Crippen LogP contribution is 2.50. The number of likely N-dealkylation sites (tertiary alicyclic amines) is 1. The van der Waals surface area contributed by atoms with E-state index in [-0.39, 0.29) is 19.1 Å². The lowest BCUT2D eigenvalue weighted by molar-refractivity contribution is -0.114. The standard InChI is InChI=1S/C25H36N6O4S2/c1-19-6-7-20(36-19)8-14-37(34,35)29-15-22(32)30-16-24(31-23(33)27(2)17-25(30,31)18-29)9-12-28(13-10-24)21-5-3-4-11-26-21/h6-8,14,22,32H,3-5,9-13,15-18H2,1-2H3/b14-8+. The normalized spacial score (nSPS) is 30.9. The van der Waals surface area contributed by atoms with Gasteiger partial charge in [0.15, 0.2) is 0 Å². The number of aliphatic imine (C=N–C) groups is 1. The smallest absolute Gasteiger partial charge is 0.321 e. The summed E-state index contributed by atoms with van der Waals surface area (Å²) in [6.07, 6.45) is 5.52. The Morgan fingerprint density at radius 3 is 2.62 bits per heavy atom. The molecular formula is C25H36N6O4S2.